The number of ether oxygens (including phenoxy) is 1. The van der Waals surface area contributed by atoms with Crippen LogP contribution in [0.25, 0.3) is 0 Å². The number of aromatic nitrogens is 1. The molecule has 2 saturated heterocycles. The molecule has 0 aromatic carbocycles. The highest BCUT2D eigenvalue weighted by atomic mass is 16.5. The minimum absolute atomic E-state index is 0.111. The van der Waals surface area contributed by atoms with Crippen molar-refractivity contribution in [3.8, 4) is 0 Å². The van der Waals surface area contributed by atoms with Crippen LogP contribution >= 0.6 is 0 Å². The lowest BCUT2D eigenvalue weighted by Gasteiger charge is -2.36. The van der Waals surface area contributed by atoms with Crippen molar-refractivity contribution in [3.05, 3.63) is 17.5 Å². The zero-order valence-corrected chi connectivity index (χ0v) is 16.6. The average Bonchev–Trinajstić information content (AvgIpc) is 3.18. The van der Waals surface area contributed by atoms with Gasteiger partial charge in [-0.15, -0.1) is 0 Å². The Morgan fingerprint density at radius 2 is 1.96 bits per heavy atom. The molecule has 8 nitrogen and oxygen atoms in total. The van der Waals surface area contributed by atoms with E-state index >= 15 is 0 Å². The van der Waals surface area contributed by atoms with E-state index < -0.39 is 0 Å². The van der Waals surface area contributed by atoms with Crippen molar-refractivity contribution in [3.63, 3.8) is 0 Å². The standard InChI is InChI=1S/C19H31N5O3/c1-14(2)17-12-16(27-22-17)13-21-19(20-3)24-6-4-15(5-7-24)18(25)23-8-10-26-11-9-23/h12,14-15H,4-11,13H2,1-3H3,(H,20,21). The predicted octanol–water partition coefficient (Wildman–Crippen LogP) is 1.44. The fourth-order valence-corrected chi connectivity index (χ4v) is 3.56. The fraction of sp³-hybridized carbons (Fsp3) is 0.737. The van der Waals surface area contributed by atoms with E-state index in [0.717, 1.165) is 56.4 Å². The molecule has 2 fully saturated rings. The molecule has 0 spiro atoms. The monoisotopic (exact) mass is 377 g/mol. The van der Waals surface area contributed by atoms with Crippen molar-refractivity contribution in [2.75, 3.05) is 46.4 Å². The first-order chi connectivity index (χ1) is 13.1. The number of morpholine rings is 1. The van der Waals surface area contributed by atoms with Crippen LogP contribution in [0.2, 0.25) is 0 Å². The summed E-state index contributed by atoms with van der Waals surface area (Å²) in [5.74, 6) is 2.39. The third kappa shape index (κ3) is 5.00. The van der Waals surface area contributed by atoms with Gasteiger partial charge in [0, 0.05) is 45.2 Å². The number of likely N-dealkylation sites (tertiary alicyclic amines) is 1. The first-order valence-corrected chi connectivity index (χ1v) is 9.86. The molecular weight excluding hydrogens is 346 g/mol. The Kier molecular flexibility index (Phi) is 6.71. The Bertz CT molecular complexity index is 644. The summed E-state index contributed by atoms with van der Waals surface area (Å²) < 4.78 is 10.7. The second-order valence-corrected chi connectivity index (χ2v) is 7.47. The molecule has 0 bridgehead atoms. The van der Waals surface area contributed by atoms with Crippen LogP contribution in [0.4, 0.5) is 0 Å². The number of nitrogens with zero attached hydrogens (tertiary/aromatic N) is 4. The minimum atomic E-state index is 0.111. The van der Waals surface area contributed by atoms with E-state index in [4.69, 9.17) is 9.26 Å². The summed E-state index contributed by atoms with van der Waals surface area (Å²) in [4.78, 5) is 21.2. The first-order valence-electron chi connectivity index (χ1n) is 9.86. The number of hydrogen-bond donors (Lipinski definition) is 1. The minimum Gasteiger partial charge on any atom is -0.378 e. The fourth-order valence-electron chi connectivity index (χ4n) is 3.56. The van der Waals surface area contributed by atoms with Gasteiger partial charge in [-0.25, -0.2) is 0 Å². The maximum absolute atomic E-state index is 12.7. The first kappa shape index (κ1) is 19.7. The zero-order chi connectivity index (χ0) is 19.2. The van der Waals surface area contributed by atoms with Crippen LogP contribution in [0, 0.1) is 5.92 Å². The van der Waals surface area contributed by atoms with E-state index in [1.807, 2.05) is 11.0 Å². The Hall–Kier alpha value is -2.09. The number of hydrogen-bond acceptors (Lipinski definition) is 5. The van der Waals surface area contributed by atoms with E-state index in [1.54, 1.807) is 7.05 Å². The number of amides is 1. The number of rotatable bonds is 4. The van der Waals surface area contributed by atoms with Gasteiger partial charge < -0.3 is 24.4 Å². The Morgan fingerprint density at radius 3 is 2.56 bits per heavy atom. The van der Waals surface area contributed by atoms with Gasteiger partial charge in [-0.3, -0.25) is 9.79 Å². The van der Waals surface area contributed by atoms with Crippen molar-refractivity contribution >= 4 is 11.9 Å². The number of aliphatic imine (C=N–C) groups is 1. The molecule has 8 heteroatoms. The van der Waals surface area contributed by atoms with Gasteiger partial charge >= 0.3 is 0 Å². The van der Waals surface area contributed by atoms with Crippen LogP contribution in [-0.4, -0.2) is 73.3 Å². The van der Waals surface area contributed by atoms with E-state index in [9.17, 15) is 4.79 Å². The van der Waals surface area contributed by atoms with Crippen LogP contribution in [-0.2, 0) is 16.1 Å². The van der Waals surface area contributed by atoms with E-state index in [0.29, 0.717) is 25.7 Å². The molecule has 0 aliphatic carbocycles. The third-order valence-electron chi connectivity index (χ3n) is 5.27. The summed E-state index contributed by atoms with van der Waals surface area (Å²) in [5.41, 5.74) is 0.962. The lowest BCUT2D eigenvalue weighted by molar-refractivity contribution is -0.140. The molecule has 0 atom stereocenters. The molecule has 150 valence electrons. The Labute approximate surface area is 160 Å². The van der Waals surface area contributed by atoms with Gasteiger partial charge in [-0.05, 0) is 18.8 Å². The predicted molar refractivity (Wildman–Crippen MR) is 102 cm³/mol. The van der Waals surface area contributed by atoms with Crippen LogP contribution < -0.4 is 5.32 Å². The number of guanidine groups is 1. The molecule has 1 N–H and O–H groups in total. The maximum atomic E-state index is 12.7. The highest BCUT2D eigenvalue weighted by Crippen LogP contribution is 2.20. The summed E-state index contributed by atoms with van der Waals surface area (Å²) in [6.07, 6.45) is 1.72. The molecule has 2 aliphatic rings. The summed E-state index contributed by atoms with van der Waals surface area (Å²) in [5, 5.41) is 7.43. The van der Waals surface area contributed by atoms with Crippen molar-refractivity contribution in [1.29, 1.82) is 0 Å². The average molecular weight is 377 g/mol. The van der Waals surface area contributed by atoms with Crippen LogP contribution in [0.3, 0.4) is 0 Å². The molecule has 0 unspecified atom stereocenters. The van der Waals surface area contributed by atoms with Gasteiger partial charge in [-0.1, -0.05) is 19.0 Å². The number of carbonyl (C=O) groups is 1. The molecular formula is C19H31N5O3. The van der Waals surface area contributed by atoms with Crippen molar-refractivity contribution in [2.45, 2.75) is 39.2 Å². The van der Waals surface area contributed by atoms with Gasteiger partial charge in [0.15, 0.2) is 11.7 Å². The lowest BCUT2D eigenvalue weighted by Crippen LogP contribution is -2.49. The second kappa shape index (κ2) is 9.21. The topological polar surface area (TPSA) is 83.2 Å². The number of nitrogens with one attached hydrogen (secondary N) is 1. The summed E-state index contributed by atoms with van der Waals surface area (Å²) in [6, 6.07) is 1.98. The van der Waals surface area contributed by atoms with E-state index in [1.165, 1.54) is 0 Å². The van der Waals surface area contributed by atoms with Gasteiger partial charge in [0.2, 0.25) is 5.91 Å². The lowest BCUT2D eigenvalue weighted by atomic mass is 9.95. The molecule has 1 aromatic rings. The number of piperidine rings is 1. The maximum Gasteiger partial charge on any atom is 0.225 e. The summed E-state index contributed by atoms with van der Waals surface area (Å²) in [6.45, 7) is 9.14. The van der Waals surface area contributed by atoms with Crippen LogP contribution in [0.5, 0.6) is 0 Å². The zero-order valence-electron chi connectivity index (χ0n) is 16.6. The molecule has 3 rings (SSSR count). The molecule has 3 heterocycles. The van der Waals surface area contributed by atoms with Crippen molar-refractivity contribution in [2.24, 2.45) is 10.9 Å². The summed E-state index contributed by atoms with van der Waals surface area (Å²) >= 11 is 0. The molecule has 1 aromatic heterocycles. The number of carbonyl (C=O) groups excluding carboxylic acids is 1. The Balaban J connectivity index is 1.47. The molecule has 2 aliphatic heterocycles. The Morgan fingerprint density at radius 1 is 1.26 bits per heavy atom. The molecule has 27 heavy (non-hydrogen) atoms. The van der Waals surface area contributed by atoms with Gasteiger partial charge in [0.1, 0.15) is 0 Å². The SMILES string of the molecule is CN=C(NCc1cc(C(C)C)no1)N1CCC(C(=O)N2CCOCC2)CC1. The summed E-state index contributed by atoms with van der Waals surface area (Å²) in [7, 11) is 1.78. The smallest absolute Gasteiger partial charge is 0.225 e. The van der Waals surface area contributed by atoms with Crippen LogP contribution in [0.15, 0.2) is 15.6 Å². The third-order valence-corrected chi connectivity index (χ3v) is 5.27. The largest absolute Gasteiger partial charge is 0.378 e. The highest BCUT2D eigenvalue weighted by Gasteiger charge is 2.30. The van der Waals surface area contributed by atoms with E-state index in [2.05, 4.69) is 34.2 Å². The van der Waals surface area contributed by atoms with E-state index in [-0.39, 0.29) is 11.8 Å². The van der Waals surface area contributed by atoms with Crippen molar-refractivity contribution < 1.29 is 14.1 Å². The quantitative estimate of drug-likeness (QED) is 0.632. The van der Waals surface area contributed by atoms with Gasteiger partial charge in [0.25, 0.3) is 0 Å². The van der Waals surface area contributed by atoms with Gasteiger partial charge in [0.05, 0.1) is 25.5 Å². The van der Waals surface area contributed by atoms with Crippen molar-refractivity contribution in [1.82, 2.24) is 20.3 Å². The second-order valence-electron chi connectivity index (χ2n) is 7.47. The molecule has 0 saturated carbocycles. The normalized spacial score (nSPS) is 19.6. The molecule has 0 radical (unpaired) electrons. The highest BCUT2D eigenvalue weighted by molar-refractivity contribution is 5.81. The van der Waals surface area contributed by atoms with Gasteiger partial charge in [-0.2, -0.15) is 0 Å². The van der Waals surface area contributed by atoms with Crippen LogP contribution in [0.1, 0.15) is 44.1 Å². The molecule has 1 amide bonds.